The Hall–Kier alpha value is -1.27. The lowest BCUT2D eigenvalue weighted by Gasteiger charge is -2.07. The highest BCUT2D eigenvalue weighted by molar-refractivity contribution is 5.81. The average molecular weight is 198 g/mol. The Morgan fingerprint density at radius 1 is 1.15 bits per heavy atom. The molecule has 4 nitrogen and oxygen atoms in total. The standard InChI is InChI=1S/C6H9F3N2O2/c1-4(12)10-2-3-11-5(13)6(7,8)9/h2-3H2,1H3,(H,10,12)(H,11,13). The zero-order valence-corrected chi connectivity index (χ0v) is 6.86. The van der Waals surface area contributed by atoms with Crippen LogP contribution in [0.25, 0.3) is 0 Å². The number of halogens is 3. The third kappa shape index (κ3) is 5.94. The van der Waals surface area contributed by atoms with E-state index in [9.17, 15) is 22.8 Å². The Labute approximate surface area is 72.5 Å². The predicted molar refractivity (Wildman–Crippen MR) is 37.7 cm³/mol. The summed E-state index contributed by atoms with van der Waals surface area (Å²) in [5.41, 5.74) is 0. The van der Waals surface area contributed by atoms with E-state index in [1.54, 1.807) is 5.32 Å². The van der Waals surface area contributed by atoms with E-state index in [2.05, 4.69) is 5.32 Å². The Balaban J connectivity index is 3.55. The molecule has 0 aromatic rings. The zero-order chi connectivity index (χ0) is 10.5. The lowest BCUT2D eigenvalue weighted by Crippen LogP contribution is -2.40. The van der Waals surface area contributed by atoms with E-state index in [0.717, 1.165) is 0 Å². The van der Waals surface area contributed by atoms with Crippen LogP contribution in [0.4, 0.5) is 13.2 Å². The van der Waals surface area contributed by atoms with Crippen molar-refractivity contribution in [2.75, 3.05) is 13.1 Å². The van der Waals surface area contributed by atoms with Crippen LogP contribution in [0, 0.1) is 0 Å². The molecule has 0 aliphatic carbocycles. The van der Waals surface area contributed by atoms with Gasteiger partial charge in [-0.3, -0.25) is 9.59 Å². The van der Waals surface area contributed by atoms with Gasteiger partial charge < -0.3 is 10.6 Å². The summed E-state index contributed by atoms with van der Waals surface area (Å²) in [6, 6.07) is 0. The molecule has 0 aliphatic rings. The molecule has 0 spiro atoms. The van der Waals surface area contributed by atoms with Gasteiger partial charge in [0, 0.05) is 20.0 Å². The van der Waals surface area contributed by atoms with Crippen LogP contribution in [0.5, 0.6) is 0 Å². The topological polar surface area (TPSA) is 58.2 Å². The minimum Gasteiger partial charge on any atom is -0.355 e. The van der Waals surface area contributed by atoms with E-state index < -0.39 is 12.1 Å². The molecule has 2 amide bonds. The fourth-order valence-corrected chi connectivity index (χ4v) is 0.515. The van der Waals surface area contributed by atoms with Crippen molar-refractivity contribution in [2.24, 2.45) is 0 Å². The molecule has 0 radical (unpaired) electrons. The Bertz CT molecular complexity index is 203. The van der Waals surface area contributed by atoms with Crippen molar-refractivity contribution in [2.45, 2.75) is 13.1 Å². The van der Waals surface area contributed by atoms with Gasteiger partial charge in [0.15, 0.2) is 0 Å². The van der Waals surface area contributed by atoms with Gasteiger partial charge in [-0.2, -0.15) is 13.2 Å². The number of amides is 2. The summed E-state index contributed by atoms with van der Waals surface area (Å²) in [4.78, 5) is 20.4. The van der Waals surface area contributed by atoms with Gasteiger partial charge in [0.1, 0.15) is 0 Å². The predicted octanol–water partition coefficient (Wildman–Crippen LogP) is -0.199. The van der Waals surface area contributed by atoms with Gasteiger partial charge in [-0.25, -0.2) is 0 Å². The van der Waals surface area contributed by atoms with Crippen LogP contribution < -0.4 is 10.6 Å². The van der Waals surface area contributed by atoms with Gasteiger partial charge in [0.25, 0.3) is 0 Å². The number of hydrogen-bond acceptors (Lipinski definition) is 2. The molecule has 0 saturated heterocycles. The van der Waals surface area contributed by atoms with E-state index in [0.29, 0.717) is 0 Å². The van der Waals surface area contributed by atoms with Crippen LogP contribution in [0.15, 0.2) is 0 Å². The monoisotopic (exact) mass is 198 g/mol. The summed E-state index contributed by atoms with van der Waals surface area (Å²) >= 11 is 0. The molecule has 13 heavy (non-hydrogen) atoms. The van der Waals surface area contributed by atoms with Crippen molar-refractivity contribution in [3.05, 3.63) is 0 Å². The molecular formula is C6H9F3N2O2. The highest BCUT2D eigenvalue weighted by Gasteiger charge is 2.38. The fourth-order valence-electron chi connectivity index (χ4n) is 0.515. The van der Waals surface area contributed by atoms with Gasteiger partial charge in [-0.15, -0.1) is 0 Å². The zero-order valence-electron chi connectivity index (χ0n) is 6.86. The third-order valence-corrected chi connectivity index (χ3v) is 1.04. The first-order valence-electron chi connectivity index (χ1n) is 3.43. The lowest BCUT2D eigenvalue weighted by atomic mass is 10.5. The molecule has 0 aromatic carbocycles. The highest BCUT2D eigenvalue weighted by atomic mass is 19.4. The quantitative estimate of drug-likeness (QED) is 0.617. The van der Waals surface area contributed by atoms with Crippen LogP contribution >= 0.6 is 0 Å². The molecule has 7 heteroatoms. The molecule has 0 unspecified atom stereocenters. The first kappa shape index (κ1) is 11.7. The largest absolute Gasteiger partial charge is 0.471 e. The smallest absolute Gasteiger partial charge is 0.355 e. The van der Waals surface area contributed by atoms with Gasteiger partial charge in [0.2, 0.25) is 5.91 Å². The second kappa shape index (κ2) is 4.68. The summed E-state index contributed by atoms with van der Waals surface area (Å²) in [5.74, 6) is -2.36. The normalized spacial score (nSPS) is 10.8. The molecule has 0 bridgehead atoms. The van der Waals surface area contributed by atoms with Crippen molar-refractivity contribution in [3.8, 4) is 0 Å². The van der Waals surface area contributed by atoms with Gasteiger partial charge in [-0.05, 0) is 0 Å². The molecule has 0 rings (SSSR count). The van der Waals surface area contributed by atoms with Crippen LogP contribution in [0.1, 0.15) is 6.92 Å². The van der Waals surface area contributed by atoms with E-state index >= 15 is 0 Å². The maximum atomic E-state index is 11.5. The van der Waals surface area contributed by atoms with Gasteiger partial charge in [0.05, 0.1) is 0 Å². The second-order valence-electron chi connectivity index (χ2n) is 2.24. The fraction of sp³-hybridized carbons (Fsp3) is 0.667. The van der Waals surface area contributed by atoms with Gasteiger partial charge in [-0.1, -0.05) is 0 Å². The number of nitrogens with one attached hydrogen (secondary N) is 2. The molecule has 0 atom stereocenters. The van der Waals surface area contributed by atoms with Crippen molar-refractivity contribution >= 4 is 11.8 Å². The molecule has 0 fully saturated rings. The molecule has 0 aromatic heterocycles. The molecule has 2 N–H and O–H groups in total. The maximum Gasteiger partial charge on any atom is 0.471 e. The van der Waals surface area contributed by atoms with Crippen LogP contribution in [0.2, 0.25) is 0 Å². The third-order valence-electron chi connectivity index (χ3n) is 1.04. The van der Waals surface area contributed by atoms with E-state index in [4.69, 9.17) is 0 Å². The minimum atomic E-state index is -4.86. The molecule has 0 heterocycles. The van der Waals surface area contributed by atoms with Crippen LogP contribution in [0.3, 0.4) is 0 Å². The molecular weight excluding hydrogens is 189 g/mol. The average Bonchev–Trinajstić information content (AvgIpc) is 1.95. The summed E-state index contributed by atoms with van der Waals surface area (Å²) in [6.07, 6.45) is -4.86. The number of carbonyl (C=O) groups is 2. The molecule has 76 valence electrons. The van der Waals surface area contributed by atoms with E-state index in [1.165, 1.54) is 6.92 Å². The lowest BCUT2D eigenvalue weighted by molar-refractivity contribution is -0.173. The van der Waals surface area contributed by atoms with Crippen LogP contribution in [-0.2, 0) is 9.59 Å². The van der Waals surface area contributed by atoms with E-state index in [-0.39, 0.29) is 19.0 Å². The van der Waals surface area contributed by atoms with Crippen molar-refractivity contribution in [1.82, 2.24) is 10.6 Å². The molecule has 0 saturated carbocycles. The number of rotatable bonds is 3. The van der Waals surface area contributed by atoms with Crippen molar-refractivity contribution in [3.63, 3.8) is 0 Å². The number of carbonyl (C=O) groups excluding carboxylic acids is 2. The maximum absolute atomic E-state index is 11.5. The van der Waals surface area contributed by atoms with Gasteiger partial charge >= 0.3 is 12.1 Å². The Kier molecular flexibility index (Phi) is 4.22. The Morgan fingerprint density at radius 2 is 1.62 bits per heavy atom. The Morgan fingerprint density at radius 3 is 2.00 bits per heavy atom. The molecule has 0 aliphatic heterocycles. The number of alkyl halides is 3. The second-order valence-corrected chi connectivity index (χ2v) is 2.24. The van der Waals surface area contributed by atoms with Crippen molar-refractivity contribution < 1.29 is 22.8 Å². The highest BCUT2D eigenvalue weighted by Crippen LogP contribution is 2.13. The summed E-state index contributed by atoms with van der Waals surface area (Å²) in [7, 11) is 0. The summed E-state index contributed by atoms with van der Waals surface area (Å²) < 4.78 is 34.6. The number of hydrogen-bond donors (Lipinski definition) is 2. The minimum absolute atomic E-state index is 0.0167. The first-order valence-corrected chi connectivity index (χ1v) is 3.43. The summed E-state index contributed by atoms with van der Waals surface area (Å²) in [6.45, 7) is 0.973. The summed E-state index contributed by atoms with van der Waals surface area (Å²) in [5, 5.41) is 3.83. The van der Waals surface area contributed by atoms with E-state index in [1.807, 2.05) is 0 Å². The first-order chi connectivity index (χ1) is 5.84. The SMILES string of the molecule is CC(=O)NCCNC(=O)C(F)(F)F. The van der Waals surface area contributed by atoms with Crippen LogP contribution in [-0.4, -0.2) is 31.1 Å². The van der Waals surface area contributed by atoms with Crippen molar-refractivity contribution in [1.29, 1.82) is 0 Å².